The maximum Gasteiger partial charge on any atom is 0.279 e. The molecule has 0 bridgehead atoms. The maximum atomic E-state index is 12.6. The number of rotatable bonds is 7. The highest BCUT2D eigenvalue weighted by atomic mass is 28.3. The summed E-state index contributed by atoms with van der Waals surface area (Å²) in [6, 6.07) is 11.3. The molecule has 0 saturated heterocycles. The first kappa shape index (κ1) is 22.8. The number of nitro benzene ring substituents is 1. The van der Waals surface area contributed by atoms with Gasteiger partial charge in [0.1, 0.15) is 17.2 Å². The number of allylic oxidation sites excluding steroid dienone is 1. The van der Waals surface area contributed by atoms with Gasteiger partial charge in [0.05, 0.1) is 20.1 Å². The van der Waals surface area contributed by atoms with Gasteiger partial charge in [-0.1, -0.05) is 37.0 Å². The van der Waals surface area contributed by atoms with Crippen LogP contribution in [0, 0.1) is 10.1 Å². The molecule has 1 amide bonds. The van der Waals surface area contributed by atoms with Gasteiger partial charge in [-0.15, -0.1) is 10.2 Å². The van der Waals surface area contributed by atoms with E-state index in [1.54, 1.807) is 12.1 Å². The van der Waals surface area contributed by atoms with Gasteiger partial charge < -0.3 is 15.2 Å². The molecule has 0 fully saturated rings. The molecule has 0 aliphatic heterocycles. The Balaban J connectivity index is 2.26. The monoisotopic (exact) mass is 428 g/mol. The van der Waals surface area contributed by atoms with E-state index in [9.17, 15) is 20.0 Å². The number of benzene rings is 2. The molecular formula is C20H24N4O5Si. The summed E-state index contributed by atoms with van der Waals surface area (Å²) in [6.45, 7) is 7.96. The quantitative estimate of drug-likeness (QED) is 0.166. The van der Waals surface area contributed by atoms with Crippen LogP contribution in [0.15, 0.2) is 64.1 Å². The predicted molar refractivity (Wildman–Crippen MR) is 118 cm³/mol. The van der Waals surface area contributed by atoms with Crippen LogP contribution in [0.5, 0.6) is 5.75 Å². The largest absolute Gasteiger partial charge is 0.510 e. The molecule has 10 heteroatoms. The lowest BCUT2D eigenvalue weighted by atomic mass is 10.2. The van der Waals surface area contributed by atoms with Gasteiger partial charge in [0.15, 0.2) is 5.70 Å². The summed E-state index contributed by atoms with van der Waals surface area (Å²) in [4.78, 5) is 23.0. The average molecular weight is 429 g/mol. The van der Waals surface area contributed by atoms with Crippen molar-refractivity contribution in [3.8, 4) is 5.75 Å². The number of ether oxygens (including phenoxy) is 1. The van der Waals surface area contributed by atoms with Gasteiger partial charge in [0, 0.05) is 17.8 Å². The van der Waals surface area contributed by atoms with E-state index in [1.165, 1.54) is 37.4 Å². The van der Waals surface area contributed by atoms with E-state index in [0.717, 1.165) is 0 Å². The van der Waals surface area contributed by atoms with Crippen LogP contribution in [0.4, 0.5) is 17.1 Å². The molecule has 0 aromatic heterocycles. The van der Waals surface area contributed by atoms with Crippen molar-refractivity contribution in [3.63, 3.8) is 0 Å². The van der Waals surface area contributed by atoms with Crippen LogP contribution in [0.25, 0.3) is 0 Å². The molecule has 2 N–H and O–H groups in total. The van der Waals surface area contributed by atoms with Crippen molar-refractivity contribution in [1.29, 1.82) is 0 Å². The smallest absolute Gasteiger partial charge is 0.279 e. The molecule has 0 unspecified atom stereocenters. The molecule has 2 aromatic rings. The van der Waals surface area contributed by atoms with Crippen molar-refractivity contribution in [2.24, 2.45) is 10.2 Å². The molecule has 0 saturated carbocycles. The van der Waals surface area contributed by atoms with E-state index in [1.807, 2.05) is 12.1 Å². The van der Waals surface area contributed by atoms with Crippen LogP contribution in [0.2, 0.25) is 19.6 Å². The van der Waals surface area contributed by atoms with Gasteiger partial charge in [0.25, 0.3) is 11.6 Å². The Labute approximate surface area is 175 Å². The Kier molecular flexibility index (Phi) is 7.06. The van der Waals surface area contributed by atoms with Gasteiger partial charge in [-0.3, -0.25) is 14.9 Å². The summed E-state index contributed by atoms with van der Waals surface area (Å²) in [6.07, 6.45) is 0. The van der Waals surface area contributed by atoms with Crippen LogP contribution in [0.3, 0.4) is 0 Å². The molecule has 158 valence electrons. The summed E-state index contributed by atoms with van der Waals surface area (Å²) in [7, 11) is -0.0833. The van der Waals surface area contributed by atoms with Crippen LogP contribution >= 0.6 is 0 Å². The van der Waals surface area contributed by atoms with Crippen LogP contribution in [-0.2, 0) is 4.79 Å². The number of aliphatic hydroxyl groups excluding tert-OH is 1. The summed E-state index contributed by atoms with van der Waals surface area (Å²) in [5, 5.41) is 32.4. The highest BCUT2D eigenvalue weighted by Crippen LogP contribution is 2.32. The van der Waals surface area contributed by atoms with Gasteiger partial charge in [-0.05, 0) is 25.1 Å². The van der Waals surface area contributed by atoms with Crippen LogP contribution in [-0.4, -0.2) is 31.1 Å². The molecule has 0 radical (unpaired) electrons. The van der Waals surface area contributed by atoms with E-state index >= 15 is 0 Å². The summed E-state index contributed by atoms with van der Waals surface area (Å²) in [5.41, 5.74) is 0.0717. The number of carbonyl (C=O) groups excluding carboxylic acids is 1. The summed E-state index contributed by atoms with van der Waals surface area (Å²) >= 11 is 0. The third kappa shape index (κ3) is 5.74. The Hall–Kier alpha value is -3.53. The maximum absolute atomic E-state index is 12.6. The minimum Gasteiger partial charge on any atom is -0.510 e. The molecule has 0 atom stereocenters. The number of aliphatic hydroxyl groups is 1. The van der Waals surface area contributed by atoms with Gasteiger partial charge >= 0.3 is 0 Å². The van der Waals surface area contributed by atoms with Gasteiger partial charge in [-0.2, -0.15) is 0 Å². The number of amides is 1. The number of hydrogen-bond acceptors (Lipinski definition) is 7. The molecule has 0 aliphatic rings. The molecule has 0 aliphatic carbocycles. The Bertz CT molecular complexity index is 1010. The first-order valence-corrected chi connectivity index (χ1v) is 12.6. The molecular weight excluding hydrogens is 404 g/mol. The fourth-order valence-electron chi connectivity index (χ4n) is 2.50. The first-order chi connectivity index (χ1) is 14.0. The zero-order valence-electron chi connectivity index (χ0n) is 17.5. The number of anilines is 1. The topological polar surface area (TPSA) is 126 Å². The minimum absolute atomic E-state index is 0.0535. The van der Waals surface area contributed by atoms with E-state index < -0.39 is 18.9 Å². The number of nitrogens with one attached hydrogen (secondary N) is 1. The standard InChI is InChI=1S/C20H24N4O5Si/c1-13(25)19(20(26)21-14-6-9-16(10-7-14)30(3,4)5)23-22-17-12-15(24(27)28)8-11-18(17)29-2/h6-12,25H,1-5H3,(H,21,26)/b19-13+,23-22?. The molecule has 2 rings (SSSR count). The van der Waals surface area contributed by atoms with Crippen molar-refractivity contribution in [2.45, 2.75) is 26.6 Å². The Morgan fingerprint density at radius 1 is 1.17 bits per heavy atom. The molecule has 30 heavy (non-hydrogen) atoms. The Morgan fingerprint density at radius 3 is 2.30 bits per heavy atom. The molecule has 0 heterocycles. The normalized spacial score (nSPS) is 12.4. The number of hydrogen-bond donors (Lipinski definition) is 2. The SMILES string of the molecule is COc1ccc([N+](=O)[O-])cc1N=N/C(C(=O)Nc1ccc([Si](C)(C)C)cc1)=C(\C)O. The second kappa shape index (κ2) is 9.31. The van der Waals surface area contributed by atoms with E-state index in [4.69, 9.17) is 4.74 Å². The Morgan fingerprint density at radius 2 is 1.80 bits per heavy atom. The second-order valence-electron chi connectivity index (χ2n) is 7.53. The van der Waals surface area contributed by atoms with Gasteiger partial charge in [-0.25, -0.2) is 0 Å². The molecule has 2 aromatic carbocycles. The first-order valence-electron chi connectivity index (χ1n) is 9.09. The molecule has 9 nitrogen and oxygen atoms in total. The van der Waals surface area contributed by atoms with Crippen LogP contribution < -0.4 is 15.2 Å². The van der Waals surface area contributed by atoms with Crippen molar-refractivity contribution < 1.29 is 19.6 Å². The third-order valence-electron chi connectivity index (χ3n) is 4.20. The number of nitrogens with zero attached hydrogens (tertiary/aromatic N) is 3. The number of nitro groups is 1. The zero-order chi connectivity index (χ0) is 22.5. The predicted octanol–water partition coefficient (Wildman–Crippen LogP) is 4.66. The fourth-order valence-corrected chi connectivity index (χ4v) is 3.67. The van der Waals surface area contributed by atoms with Crippen molar-refractivity contribution in [1.82, 2.24) is 0 Å². The lowest BCUT2D eigenvalue weighted by molar-refractivity contribution is -0.384. The number of methoxy groups -OCH3 is 1. The van der Waals surface area contributed by atoms with E-state index in [-0.39, 0.29) is 28.6 Å². The van der Waals surface area contributed by atoms with Crippen molar-refractivity contribution >= 4 is 36.2 Å². The summed E-state index contributed by atoms with van der Waals surface area (Å²) < 4.78 is 5.12. The fraction of sp³-hybridized carbons (Fsp3) is 0.250. The number of non-ortho nitro benzene ring substituents is 1. The van der Waals surface area contributed by atoms with Gasteiger partial charge in [0.2, 0.25) is 0 Å². The average Bonchev–Trinajstić information content (AvgIpc) is 2.67. The lowest BCUT2D eigenvalue weighted by Crippen LogP contribution is -2.37. The zero-order valence-corrected chi connectivity index (χ0v) is 18.5. The highest BCUT2D eigenvalue weighted by molar-refractivity contribution is 6.88. The van der Waals surface area contributed by atoms with Crippen molar-refractivity contribution in [2.75, 3.05) is 12.4 Å². The summed E-state index contributed by atoms with van der Waals surface area (Å²) in [5.74, 6) is -0.773. The van der Waals surface area contributed by atoms with Crippen LogP contribution in [0.1, 0.15) is 6.92 Å². The molecule has 0 spiro atoms. The highest BCUT2D eigenvalue weighted by Gasteiger charge is 2.18. The van der Waals surface area contributed by atoms with Crippen molar-refractivity contribution in [3.05, 3.63) is 64.0 Å². The van der Waals surface area contributed by atoms with E-state index in [0.29, 0.717) is 5.69 Å². The number of azo groups is 1. The third-order valence-corrected chi connectivity index (χ3v) is 6.26. The number of carbonyl (C=O) groups is 1. The van der Waals surface area contributed by atoms with E-state index in [2.05, 4.69) is 35.2 Å². The lowest BCUT2D eigenvalue weighted by Gasteiger charge is -2.16. The second-order valence-corrected chi connectivity index (χ2v) is 12.6. The minimum atomic E-state index is -1.46.